The molecule has 0 heterocycles. The van der Waals surface area contributed by atoms with E-state index < -0.39 is 0 Å². The highest BCUT2D eigenvalue weighted by atomic mass is 16.5. The highest BCUT2D eigenvalue weighted by Crippen LogP contribution is 2.60. The zero-order valence-electron chi connectivity index (χ0n) is 13.5. The van der Waals surface area contributed by atoms with E-state index in [1.807, 2.05) is 6.07 Å². The van der Waals surface area contributed by atoms with Gasteiger partial charge in [0, 0.05) is 5.56 Å². The van der Waals surface area contributed by atoms with E-state index in [0.717, 1.165) is 29.4 Å². The Balaban J connectivity index is 1.80. The van der Waals surface area contributed by atoms with Crippen molar-refractivity contribution >= 4 is 5.71 Å². The zero-order chi connectivity index (χ0) is 15.3. The first-order valence-corrected chi connectivity index (χ1v) is 8.55. The van der Waals surface area contributed by atoms with Crippen LogP contribution in [0.1, 0.15) is 62.5 Å². The summed E-state index contributed by atoms with van der Waals surface area (Å²) in [5.41, 5.74) is 3.86. The average molecular weight is 299 g/mol. The largest absolute Gasteiger partial charge is 0.497 e. The van der Waals surface area contributed by atoms with Gasteiger partial charge in [-0.1, -0.05) is 18.5 Å². The van der Waals surface area contributed by atoms with Crippen LogP contribution in [0.2, 0.25) is 0 Å². The van der Waals surface area contributed by atoms with Crippen molar-refractivity contribution in [3.63, 3.8) is 0 Å². The van der Waals surface area contributed by atoms with Crippen molar-refractivity contribution < 1.29 is 9.94 Å². The van der Waals surface area contributed by atoms with Crippen LogP contribution in [0.4, 0.5) is 0 Å². The van der Waals surface area contributed by atoms with Gasteiger partial charge >= 0.3 is 0 Å². The molecule has 4 atom stereocenters. The standard InChI is InChI=1S/C19H25NO2/c1-19-8-3-4-17(19)16-11-18(20-21)14-6-5-12(22-2)10-15(14)13(16)7-9-19/h5-6,10,13,16-17,21H,3-4,7-9,11H2,1-2H3/t13-,16-,17+,19+/m1/s1. The molecule has 3 nitrogen and oxygen atoms in total. The van der Waals surface area contributed by atoms with Crippen molar-refractivity contribution in [1.82, 2.24) is 0 Å². The molecule has 0 saturated heterocycles. The van der Waals surface area contributed by atoms with Crippen molar-refractivity contribution in [2.24, 2.45) is 22.4 Å². The fourth-order valence-electron chi connectivity index (χ4n) is 5.62. The minimum absolute atomic E-state index is 0.512. The van der Waals surface area contributed by atoms with Crippen molar-refractivity contribution in [1.29, 1.82) is 0 Å². The predicted molar refractivity (Wildman–Crippen MR) is 86.8 cm³/mol. The molecular weight excluding hydrogens is 274 g/mol. The van der Waals surface area contributed by atoms with Crippen LogP contribution in [-0.4, -0.2) is 18.0 Å². The summed E-state index contributed by atoms with van der Waals surface area (Å²) in [7, 11) is 1.72. The second-order valence-corrected chi connectivity index (χ2v) is 7.67. The summed E-state index contributed by atoms with van der Waals surface area (Å²) < 4.78 is 5.43. The summed E-state index contributed by atoms with van der Waals surface area (Å²) in [6.07, 6.45) is 7.60. The lowest BCUT2D eigenvalue weighted by Gasteiger charge is -2.49. The van der Waals surface area contributed by atoms with E-state index in [-0.39, 0.29) is 0 Å². The van der Waals surface area contributed by atoms with Crippen LogP contribution in [0.3, 0.4) is 0 Å². The number of oxime groups is 1. The van der Waals surface area contributed by atoms with E-state index in [4.69, 9.17) is 4.74 Å². The van der Waals surface area contributed by atoms with Crippen molar-refractivity contribution in [3.05, 3.63) is 29.3 Å². The summed E-state index contributed by atoms with van der Waals surface area (Å²) in [6.45, 7) is 2.48. The van der Waals surface area contributed by atoms with Crippen LogP contribution in [0.25, 0.3) is 0 Å². The van der Waals surface area contributed by atoms with E-state index in [1.54, 1.807) is 7.11 Å². The number of rotatable bonds is 1. The molecule has 0 radical (unpaired) electrons. The normalized spacial score (nSPS) is 38.3. The van der Waals surface area contributed by atoms with Gasteiger partial charge in [0.25, 0.3) is 0 Å². The minimum atomic E-state index is 0.512. The molecule has 1 aromatic rings. The number of hydrogen-bond donors (Lipinski definition) is 1. The minimum Gasteiger partial charge on any atom is -0.497 e. The smallest absolute Gasteiger partial charge is 0.119 e. The van der Waals surface area contributed by atoms with Crippen LogP contribution in [0.5, 0.6) is 5.75 Å². The number of nitrogens with zero attached hydrogens (tertiary/aromatic N) is 1. The number of ether oxygens (including phenoxy) is 1. The summed E-state index contributed by atoms with van der Waals surface area (Å²) >= 11 is 0. The van der Waals surface area contributed by atoms with Gasteiger partial charge in [0.05, 0.1) is 12.8 Å². The SMILES string of the molecule is COc1ccc2c(c1)[C@H]1CC[C@]3(C)CCC[C@H]3[C@@H]1CC2=NO. The van der Waals surface area contributed by atoms with E-state index >= 15 is 0 Å². The van der Waals surface area contributed by atoms with Gasteiger partial charge in [0.1, 0.15) is 5.75 Å². The van der Waals surface area contributed by atoms with Gasteiger partial charge < -0.3 is 9.94 Å². The van der Waals surface area contributed by atoms with Gasteiger partial charge in [-0.2, -0.15) is 0 Å². The molecule has 0 aromatic heterocycles. The first-order chi connectivity index (χ1) is 10.7. The van der Waals surface area contributed by atoms with Crippen molar-refractivity contribution in [3.8, 4) is 5.75 Å². The predicted octanol–water partition coefficient (Wildman–Crippen LogP) is 4.58. The molecule has 0 spiro atoms. The summed E-state index contributed by atoms with van der Waals surface area (Å²) in [6, 6.07) is 6.23. The molecule has 118 valence electrons. The van der Waals surface area contributed by atoms with E-state index in [1.165, 1.54) is 37.7 Å². The monoisotopic (exact) mass is 299 g/mol. The molecule has 22 heavy (non-hydrogen) atoms. The quantitative estimate of drug-likeness (QED) is 0.609. The zero-order valence-corrected chi connectivity index (χ0v) is 13.5. The Kier molecular flexibility index (Phi) is 3.21. The Morgan fingerprint density at radius 1 is 1.27 bits per heavy atom. The molecule has 3 aliphatic carbocycles. The third kappa shape index (κ3) is 1.90. The van der Waals surface area contributed by atoms with Gasteiger partial charge in [-0.15, -0.1) is 0 Å². The first-order valence-electron chi connectivity index (χ1n) is 8.55. The van der Waals surface area contributed by atoms with E-state index in [9.17, 15) is 5.21 Å². The third-order valence-electron chi connectivity index (χ3n) is 6.74. The second-order valence-electron chi connectivity index (χ2n) is 7.67. The number of methoxy groups -OCH3 is 1. The Labute approximate surface area is 132 Å². The Morgan fingerprint density at radius 3 is 2.91 bits per heavy atom. The topological polar surface area (TPSA) is 41.8 Å². The molecule has 2 saturated carbocycles. The van der Waals surface area contributed by atoms with Crippen molar-refractivity contribution in [2.45, 2.75) is 51.4 Å². The van der Waals surface area contributed by atoms with Gasteiger partial charge in [0.15, 0.2) is 0 Å². The molecule has 0 bridgehead atoms. The number of benzene rings is 1. The summed E-state index contributed by atoms with van der Waals surface area (Å²) in [5, 5.41) is 13.2. The third-order valence-corrected chi connectivity index (χ3v) is 6.74. The van der Waals surface area contributed by atoms with Crippen molar-refractivity contribution in [2.75, 3.05) is 7.11 Å². The highest BCUT2D eigenvalue weighted by molar-refractivity contribution is 6.03. The Hall–Kier alpha value is -1.51. The molecule has 0 amide bonds. The molecule has 3 heteroatoms. The molecule has 1 N–H and O–H groups in total. The Morgan fingerprint density at radius 2 is 2.14 bits per heavy atom. The van der Waals surface area contributed by atoms with E-state index in [0.29, 0.717) is 17.3 Å². The number of fused-ring (bicyclic) bond motifs is 5. The lowest BCUT2D eigenvalue weighted by atomic mass is 9.55. The molecular formula is C19H25NO2. The van der Waals surface area contributed by atoms with Crippen LogP contribution >= 0.6 is 0 Å². The van der Waals surface area contributed by atoms with Crippen LogP contribution < -0.4 is 4.74 Å². The highest BCUT2D eigenvalue weighted by Gasteiger charge is 2.51. The van der Waals surface area contributed by atoms with Gasteiger partial charge in [-0.05, 0) is 79.0 Å². The van der Waals surface area contributed by atoms with E-state index in [2.05, 4.69) is 24.2 Å². The lowest BCUT2D eigenvalue weighted by Crippen LogP contribution is -2.41. The molecule has 2 fully saturated rings. The summed E-state index contributed by atoms with van der Waals surface area (Å²) in [4.78, 5) is 0. The second kappa shape index (κ2) is 5.00. The summed E-state index contributed by atoms with van der Waals surface area (Å²) in [5.74, 6) is 2.93. The maximum atomic E-state index is 9.52. The molecule has 3 aliphatic rings. The lowest BCUT2D eigenvalue weighted by molar-refractivity contribution is 0.0712. The first kappa shape index (κ1) is 14.1. The fourth-order valence-corrected chi connectivity index (χ4v) is 5.62. The molecule has 0 aliphatic heterocycles. The Bertz CT molecular complexity index is 624. The van der Waals surface area contributed by atoms with Gasteiger partial charge in [-0.3, -0.25) is 0 Å². The van der Waals surface area contributed by atoms with Crippen LogP contribution in [-0.2, 0) is 0 Å². The van der Waals surface area contributed by atoms with Crippen LogP contribution in [0.15, 0.2) is 23.4 Å². The molecule has 0 unspecified atom stereocenters. The fraction of sp³-hybridized carbons (Fsp3) is 0.632. The molecule has 1 aromatic carbocycles. The maximum Gasteiger partial charge on any atom is 0.119 e. The number of hydrogen-bond acceptors (Lipinski definition) is 3. The van der Waals surface area contributed by atoms with Gasteiger partial charge in [0.2, 0.25) is 0 Å². The van der Waals surface area contributed by atoms with Crippen LogP contribution in [0, 0.1) is 17.3 Å². The molecule has 4 rings (SSSR count). The average Bonchev–Trinajstić information content (AvgIpc) is 2.95. The van der Waals surface area contributed by atoms with Gasteiger partial charge in [-0.25, -0.2) is 0 Å². The maximum absolute atomic E-state index is 9.52.